The summed E-state index contributed by atoms with van der Waals surface area (Å²) in [6, 6.07) is 1.16. The van der Waals surface area contributed by atoms with Crippen molar-refractivity contribution in [3.8, 4) is 0 Å². The van der Waals surface area contributed by atoms with Crippen molar-refractivity contribution >= 4 is 8.25 Å². The minimum absolute atomic E-state index is 0.393. The number of aromatic amines is 1. The van der Waals surface area contributed by atoms with Gasteiger partial charge >= 0.3 is 13.9 Å². The van der Waals surface area contributed by atoms with E-state index in [0.717, 1.165) is 10.6 Å². The van der Waals surface area contributed by atoms with E-state index in [0.29, 0.717) is 0 Å². The number of hydrogen-bond donors (Lipinski definition) is 4. The molecule has 23 heavy (non-hydrogen) atoms. The molecule has 0 spiro atoms. The van der Waals surface area contributed by atoms with Gasteiger partial charge in [0.05, 0.1) is 13.7 Å². The van der Waals surface area contributed by atoms with E-state index in [1.807, 2.05) is 0 Å². The van der Waals surface area contributed by atoms with Gasteiger partial charge in [0.25, 0.3) is 5.56 Å². The third-order valence-electron chi connectivity index (χ3n) is 3.05. The van der Waals surface area contributed by atoms with Crippen molar-refractivity contribution in [1.29, 1.82) is 0 Å². The first-order chi connectivity index (χ1) is 10.8. The van der Waals surface area contributed by atoms with Crippen LogP contribution < -0.4 is 11.2 Å². The van der Waals surface area contributed by atoms with Gasteiger partial charge in [-0.1, -0.05) is 0 Å². The van der Waals surface area contributed by atoms with Gasteiger partial charge in [-0.15, -0.1) is 9.42 Å². The second kappa shape index (κ2) is 8.99. The van der Waals surface area contributed by atoms with E-state index in [-0.39, 0.29) is 0 Å². The first kappa shape index (κ1) is 19.6. The molecule has 1 aliphatic rings. The van der Waals surface area contributed by atoms with Crippen LogP contribution in [0, 0.1) is 0 Å². The van der Waals surface area contributed by atoms with Crippen molar-refractivity contribution in [2.24, 2.45) is 0 Å². The molecule has 5 atom stereocenters. The lowest BCUT2D eigenvalue weighted by atomic mass is 10.1. The average molecular weight is 353 g/mol. The number of aliphatic hydroxyl groups is 2. The van der Waals surface area contributed by atoms with Crippen molar-refractivity contribution in [3.63, 3.8) is 0 Å². The number of nitrogens with zero attached hydrogens (tertiary/aromatic N) is 1. The second-order valence-corrected chi connectivity index (χ2v) is 5.22. The quantitative estimate of drug-likeness (QED) is 0.453. The summed E-state index contributed by atoms with van der Waals surface area (Å²) in [4.78, 5) is 32.3. The second-order valence-electron chi connectivity index (χ2n) is 4.38. The SMILES string of the molecule is CO[C@@H]1[C@H](O)[C@@H](CO)O[C@H]1n1ccc(=O)[nH]c1=O.CO[P+](=O)O. The molecule has 0 amide bonds. The van der Waals surface area contributed by atoms with Crippen LogP contribution in [0.2, 0.25) is 0 Å². The molecule has 4 N–H and O–H groups in total. The molecule has 0 aromatic carbocycles. The molecule has 0 radical (unpaired) electrons. The number of nitrogens with one attached hydrogen (secondary N) is 1. The van der Waals surface area contributed by atoms with Crippen LogP contribution in [-0.2, 0) is 18.6 Å². The summed E-state index contributed by atoms with van der Waals surface area (Å²) < 4.78 is 24.6. The normalized spacial score (nSPS) is 27.3. The molecule has 1 fully saturated rings. The topological polar surface area (TPSA) is 160 Å². The molecule has 1 aromatic heterocycles. The number of hydrogen-bond acceptors (Lipinski definition) is 8. The summed E-state index contributed by atoms with van der Waals surface area (Å²) in [6.07, 6.45) is -2.33. The lowest BCUT2D eigenvalue weighted by Gasteiger charge is -2.19. The van der Waals surface area contributed by atoms with Crippen LogP contribution in [0.1, 0.15) is 6.23 Å². The van der Waals surface area contributed by atoms with Crippen molar-refractivity contribution in [2.45, 2.75) is 24.5 Å². The molecule has 0 saturated carbocycles. The van der Waals surface area contributed by atoms with E-state index < -0.39 is 50.7 Å². The Labute approximate surface area is 131 Å². The minimum atomic E-state index is -2.35. The van der Waals surface area contributed by atoms with Crippen LogP contribution in [0.4, 0.5) is 0 Å². The van der Waals surface area contributed by atoms with Crippen LogP contribution in [0.25, 0.3) is 0 Å². The summed E-state index contributed by atoms with van der Waals surface area (Å²) in [6.45, 7) is -0.393. The first-order valence-electron chi connectivity index (χ1n) is 6.34. The largest absolute Gasteiger partial charge is 0.694 e. The molecular formula is C11H18N2O9P+. The third kappa shape index (κ3) is 5.01. The van der Waals surface area contributed by atoms with E-state index in [1.54, 1.807) is 0 Å². The molecule has 1 aromatic rings. The predicted molar refractivity (Wildman–Crippen MR) is 76.0 cm³/mol. The Morgan fingerprint density at radius 3 is 2.48 bits per heavy atom. The lowest BCUT2D eigenvalue weighted by Crippen LogP contribution is -2.38. The van der Waals surface area contributed by atoms with Crippen LogP contribution in [-0.4, -0.2) is 63.8 Å². The van der Waals surface area contributed by atoms with Gasteiger partial charge in [-0.05, 0) is 0 Å². The minimum Gasteiger partial charge on any atom is -0.394 e. The van der Waals surface area contributed by atoms with E-state index in [9.17, 15) is 19.3 Å². The first-order valence-corrected chi connectivity index (χ1v) is 7.47. The molecule has 2 rings (SSSR count). The highest BCUT2D eigenvalue weighted by atomic mass is 31.1. The maximum absolute atomic E-state index is 11.6. The monoisotopic (exact) mass is 353 g/mol. The highest BCUT2D eigenvalue weighted by Crippen LogP contribution is 2.29. The molecule has 1 aliphatic heterocycles. The van der Waals surface area contributed by atoms with Gasteiger partial charge in [0, 0.05) is 23.9 Å². The number of aliphatic hydroxyl groups excluding tert-OH is 2. The number of H-pyrrole nitrogens is 1. The zero-order chi connectivity index (χ0) is 17.6. The van der Waals surface area contributed by atoms with E-state index in [1.165, 1.54) is 20.4 Å². The van der Waals surface area contributed by atoms with Gasteiger partial charge in [0.2, 0.25) is 0 Å². The van der Waals surface area contributed by atoms with E-state index in [4.69, 9.17) is 19.5 Å². The van der Waals surface area contributed by atoms with Gasteiger partial charge in [0.15, 0.2) is 6.23 Å². The van der Waals surface area contributed by atoms with Gasteiger partial charge in [-0.25, -0.2) is 4.79 Å². The Morgan fingerprint density at radius 2 is 2.04 bits per heavy atom. The fourth-order valence-corrected chi connectivity index (χ4v) is 1.98. The van der Waals surface area contributed by atoms with Crippen LogP contribution in [0.5, 0.6) is 0 Å². The summed E-state index contributed by atoms with van der Waals surface area (Å²) in [5.41, 5.74) is -1.19. The van der Waals surface area contributed by atoms with Gasteiger partial charge < -0.3 is 19.7 Å². The molecule has 12 heteroatoms. The van der Waals surface area contributed by atoms with Gasteiger partial charge in [-0.3, -0.25) is 14.3 Å². The number of aromatic nitrogens is 2. The zero-order valence-electron chi connectivity index (χ0n) is 12.4. The standard InChI is InChI=1S/C10H14N2O6.CH3O3P/c1-17-8-7(15)5(4-13)18-9(8)12-3-2-6(14)11-10(12)16;1-4-5(2)3/h2-3,5,7-9,13,15H,4H2,1H3,(H,11,14,16);1H3/p+1/t5-,7-,8-,9-;/m1./s1. The van der Waals surface area contributed by atoms with Crippen molar-refractivity contribution in [3.05, 3.63) is 33.1 Å². The van der Waals surface area contributed by atoms with Crippen LogP contribution in [0.3, 0.4) is 0 Å². The van der Waals surface area contributed by atoms with Gasteiger partial charge in [0.1, 0.15) is 18.3 Å². The maximum Gasteiger partial charge on any atom is 0.694 e. The van der Waals surface area contributed by atoms with Crippen molar-refractivity contribution in [1.82, 2.24) is 9.55 Å². The third-order valence-corrected chi connectivity index (χ3v) is 3.36. The van der Waals surface area contributed by atoms with E-state index in [2.05, 4.69) is 9.51 Å². The molecule has 0 aliphatic carbocycles. The molecule has 11 nitrogen and oxygen atoms in total. The number of ether oxygens (including phenoxy) is 2. The summed E-state index contributed by atoms with van der Waals surface area (Å²) >= 11 is 0. The molecule has 1 unspecified atom stereocenters. The highest BCUT2D eigenvalue weighted by Gasteiger charge is 2.45. The fraction of sp³-hybridized carbons (Fsp3) is 0.636. The Morgan fingerprint density at radius 1 is 1.43 bits per heavy atom. The molecular weight excluding hydrogens is 335 g/mol. The number of rotatable bonds is 4. The number of methoxy groups -OCH3 is 1. The van der Waals surface area contributed by atoms with Gasteiger partial charge in [-0.2, -0.15) is 0 Å². The Hall–Kier alpha value is -1.46. The molecule has 1 saturated heterocycles. The van der Waals surface area contributed by atoms with Crippen LogP contribution in [0.15, 0.2) is 21.9 Å². The zero-order valence-corrected chi connectivity index (χ0v) is 13.3. The van der Waals surface area contributed by atoms with Crippen LogP contribution >= 0.6 is 8.25 Å². The lowest BCUT2D eigenvalue weighted by molar-refractivity contribution is -0.0625. The summed E-state index contributed by atoms with van der Waals surface area (Å²) in [5.74, 6) is 0. The Balaban J connectivity index is 0.000000463. The molecule has 0 bridgehead atoms. The molecule has 130 valence electrons. The van der Waals surface area contributed by atoms with E-state index >= 15 is 0 Å². The smallest absolute Gasteiger partial charge is 0.394 e. The summed E-state index contributed by atoms with van der Waals surface area (Å²) in [7, 11) is 0.179. The summed E-state index contributed by atoms with van der Waals surface area (Å²) in [5, 5.41) is 18.9. The van der Waals surface area contributed by atoms with Crippen molar-refractivity contribution in [2.75, 3.05) is 20.8 Å². The van der Waals surface area contributed by atoms with Crippen molar-refractivity contribution < 1.29 is 33.7 Å². The molecule has 2 heterocycles. The predicted octanol–water partition coefficient (Wildman–Crippen LogP) is -1.92. The maximum atomic E-state index is 11.6. The fourth-order valence-electron chi connectivity index (χ4n) is 1.98. The Kier molecular flexibility index (Phi) is 7.65. The highest BCUT2D eigenvalue weighted by molar-refractivity contribution is 7.32. The Bertz CT molecular complexity index is 630. The average Bonchev–Trinajstić information content (AvgIpc) is 2.83.